The highest BCUT2D eigenvalue weighted by Gasteiger charge is 1.74. The molecule has 2 heterocycles. The number of phenols is 1. The molecule has 2 aromatic carbocycles. The van der Waals surface area contributed by atoms with Gasteiger partial charge in [-0.15, -0.1) is 0 Å². The third-order valence-corrected chi connectivity index (χ3v) is 3.53. The minimum absolute atomic E-state index is 0.322. The predicted molar refractivity (Wildman–Crippen MR) is 103 cm³/mol. The maximum atomic E-state index is 8.63. The van der Waals surface area contributed by atoms with Crippen LogP contribution in [0.5, 0.6) is 5.75 Å². The number of aromatic hydroxyl groups is 1. The number of thiophene rings is 2. The lowest BCUT2D eigenvalue weighted by Gasteiger charge is -1.82. The fourth-order valence-corrected chi connectivity index (χ4v) is 2.17. The van der Waals surface area contributed by atoms with Gasteiger partial charge in [-0.1, -0.05) is 78.9 Å². The summed E-state index contributed by atoms with van der Waals surface area (Å²) in [5.41, 5.74) is 0. The van der Waals surface area contributed by atoms with E-state index in [9.17, 15) is 0 Å². The number of phenolic OH excluding ortho intramolecular Hbond substituents is 1. The SMILES string of the molecule is Oc1ccccc1.c1ccccc1.c1ccsc1.c1ccsc1. The lowest BCUT2D eigenvalue weighted by atomic mass is 10.3. The Labute approximate surface area is 146 Å². The Balaban J connectivity index is 0.000000155. The molecule has 3 heteroatoms. The van der Waals surface area contributed by atoms with E-state index in [1.807, 2.05) is 88.3 Å². The van der Waals surface area contributed by atoms with Gasteiger partial charge in [0.2, 0.25) is 0 Å². The largest absolute Gasteiger partial charge is 0.508 e. The van der Waals surface area contributed by atoms with Crippen LogP contribution in [0, 0.1) is 0 Å². The molecule has 4 rings (SSSR count). The Morgan fingerprint density at radius 3 is 0.913 bits per heavy atom. The lowest BCUT2D eigenvalue weighted by Crippen LogP contribution is -1.56. The van der Waals surface area contributed by atoms with Crippen LogP contribution in [0.3, 0.4) is 0 Å². The first-order valence-electron chi connectivity index (χ1n) is 7.08. The molecule has 0 aliphatic heterocycles. The Morgan fingerprint density at radius 1 is 0.435 bits per heavy atom. The average molecular weight is 341 g/mol. The summed E-state index contributed by atoms with van der Waals surface area (Å²) < 4.78 is 0. The molecule has 4 aromatic rings. The van der Waals surface area contributed by atoms with Crippen LogP contribution >= 0.6 is 22.7 Å². The fourth-order valence-electron chi connectivity index (χ4n) is 1.27. The number of para-hydroxylation sites is 1. The van der Waals surface area contributed by atoms with Crippen LogP contribution in [0.4, 0.5) is 0 Å². The summed E-state index contributed by atoms with van der Waals surface area (Å²) in [6.07, 6.45) is 0. The third-order valence-electron chi connectivity index (χ3n) is 2.27. The smallest absolute Gasteiger partial charge is 0.115 e. The van der Waals surface area contributed by atoms with E-state index in [4.69, 9.17) is 5.11 Å². The van der Waals surface area contributed by atoms with Gasteiger partial charge in [-0.05, 0) is 33.7 Å². The van der Waals surface area contributed by atoms with Crippen molar-refractivity contribution >= 4 is 22.7 Å². The van der Waals surface area contributed by atoms with Crippen molar-refractivity contribution in [3.63, 3.8) is 0 Å². The summed E-state index contributed by atoms with van der Waals surface area (Å²) in [5.74, 6) is 0.322. The van der Waals surface area contributed by atoms with E-state index >= 15 is 0 Å². The first-order chi connectivity index (χ1) is 11.4. The molecule has 2 aromatic heterocycles. The van der Waals surface area contributed by atoms with Crippen LogP contribution in [0.1, 0.15) is 0 Å². The maximum absolute atomic E-state index is 8.63. The van der Waals surface area contributed by atoms with Gasteiger partial charge in [0, 0.05) is 0 Å². The highest BCUT2D eigenvalue weighted by Crippen LogP contribution is 2.02. The summed E-state index contributed by atoms with van der Waals surface area (Å²) in [7, 11) is 0. The standard InChI is InChI=1S/C6H6O.C6H6.2C4H4S/c7-6-4-2-1-3-5-6;1-2-4-6-5-3-1;2*1-2-4-5-3-1/h1-5,7H;1-6H;2*1-4H. The van der Waals surface area contributed by atoms with Gasteiger partial charge >= 0.3 is 0 Å². The molecule has 0 fully saturated rings. The molecule has 0 spiro atoms. The normalized spacial score (nSPS) is 8.17. The van der Waals surface area contributed by atoms with Crippen molar-refractivity contribution < 1.29 is 5.11 Å². The van der Waals surface area contributed by atoms with E-state index in [0.717, 1.165) is 0 Å². The number of hydrogen-bond donors (Lipinski definition) is 1. The molecule has 0 atom stereocenters. The van der Waals surface area contributed by atoms with Gasteiger partial charge in [-0.3, -0.25) is 0 Å². The highest BCUT2D eigenvalue weighted by molar-refractivity contribution is 7.08. The molecule has 23 heavy (non-hydrogen) atoms. The lowest BCUT2D eigenvalue weighted by molar-refractivity contribution is 0.475. The number of hydrogen-bond acceptors (Lipinski definition) is 3. The second-order valence-electron chi connectivity index (χ2n) is 4.08. The second kappa shape index (κ2) is 14.6. The first-order valence-corrected chi connectivity index (χ1v) is 8.96. The maximum Gasteiger partial charge on any atom is 0.115 e. The Bertz CT molecular complexity index is 545. The van der Waals surface area contributed by atoms with Crippen LogP contribution in [0.25, 0.3) is 0 Å². The topological polar surface area (TPSA) is 20.2 Å². The Hall–Kier alpha value is -2.36. The molecule has 0 saturated carbocycles. The third kappa shape index (κ3) is 13.1. The molecule has 0 bridgehead atoms. The minimum Gasteiger partial charge on any atom is -0.508 e. The van der Waals surface area contributed by atoms with Crippen LogP contribution in [0.2, 0.25) is 0 Å². The molecule has 118 valence electrons. The van der Waals surface area contributed by atoms with E-state index < -0.39 is 0 Å². The molecule has 0 radical (unpaired) electrons. The van der Waals surface area contributed by atoms with Gasteiger partial charge in [0.1, 0.15) is 5.75 Å². The monoisotopic (exact) mass is 340 g/mol. The van der Waals surface area contributed by atoms with Crippen LogP contribution < -0.4 is 0 Å². The van der Waals surface area contributed by atoms with Crippen LogP contribution in [0.15, 0.2) is 113 Å². The molecular weight excluding hydrogens is 320 g/mol. The van der Waals surface area contributed by atoms with Gasteiger partial charge in [-0.2, -0.15) is 22.7 Å². The Morgan fingerprint density at radius 2 is 0.739 bits per heavy atom. The minimum atomic E-state index is 0.322. The van der Waals surface area contributed by atoms with Crippen molar-refractivity contribution in [2.45, 2.75) is 0 Å². The van der Waals surface area contributed by atoms with E-state index in [-0.39, 0.29) is 0 Å². The molecule has 0 unspecified atom stereocenters. The van der Waals surface area contributed by atoms with Crippen LogP contribution in [-0.4, -0.2) is 5.11 Å². The zero-order valence-electron chi connectivity index (χ0n) is 12.7. The summed E-state index contributed by atoms with van der Waals surface area (Å²) in [6.45, 7) is 0. The quantitative estimate of drug-likeness (QED) is 0.383. The number of benzene rings is 2. The van der Waals surface area contributed by atoms with Crippen molar-refractivity contribution in [3.8, 4) is 5.75 Å². The number of rotatable bonds is 0. The predicted octanol–water partition coefficient (Wildman–Crippen LogP) is 6.58. The highest BCUT2D eigenvalue weighted by atomic mass is 32.1. The van der Waals surface area contributed by atoms with Gasteiger partial charge in [-0.25, -0.2) is 0 Å². The van der Waals surface area contributed by atoms with Gasteiger partial charge in [0.05, 0.1) is 0 Å². The van der Waals surface area contributed by atoms with E-state index in [1.165, 1.54) is 0 Å². The van der Waals surface area contributed by atoms with Crippen molar-refractivity contribution in [2.75, 3.05) is 0 Å². The van der Waals surface area contributed by atoms with E-state index in [0.29, 0.717) is 5.75 Å². The zero-order chi connectivity index (χ0) is 16.4. The summed E-state index contributed by atoms with van der Waals surface area (Å²) in [6, 6.07) is 28.8. The summed E-state index contributed by atoms with van der Waals surface area (Å²) >= 11 is 3.43. The fraction of sp³-hybridized carbons (Fsp3) is 0. The first kappa shape index (κ1) is 18.7. The molecule has 1 N–H and O–H groups in total. The van der Waals surface area contributed by atoms with E-state index in [2.05, 4.69) is 0 Å². The summed E-state index contributed by atoms with van der Waals surface area (Å²) in [4.78, 5) is 0. The summed E-state index contributed by atoms with van der Waals surface area (Å²) in [5, 5.41) is 16.8. The Kier molecular flexibility index (Phi) is 11.8. The second-order valence-corrected chi connectivity index (χ2v) is 5.71. The van der Waals surface area contributed by atoms with Crippen LogP contribution in [-0.2, 0) is 0 Å². The van der Waals surface area contributed by atoms with Crippen molar-refractivity contribution in [3.05, 3.63) is 113 Å². The average Bonchev–Trinajstić information content (AvgIpc) is 3.36. The molecule has 0 aliphatic rings. The molecular formula is C20H20OS2. The van der Waals surface area contributed by atoms with Gasteiger partial charge in [0.25, 0.3) is 0 Å². The molecule has 0 saturated heterocycles. The molecule has 0 amide bonds. The van der Waals surface area contributed by atoms with Crippen molar-refractivity contribution in [2.24, 2.45) is 0 Å². The van der Waals surface area contributed by atoms with Gasteiger partial charge < -0.3 is 5.11 Å². The zero-order valence-corrected chi connectivity index (χ0v) is 14.4. The van der Waals surface area contributed by atoms with Gasteiger partial charge in [0.15, 0.2) is 0 Å². The molecule has 0 aliphatic carbocycles. The van der Waals surface area contributed by atoms with E-state index in [1.54, 1.807) is 46.9 Å². The van der Waals surface area contributed by atoms with Crippen molar-refractivity contribution in [1.29, 1.82) is 0 Å². The molecule has 1 nitrogen and oxygen atoms in total. The van der Waals surface area contributed by atoms with Crippen molar-refractivity contribution in [1.82, 2.24) is 0 Å².